The number of anilines is 3. The highest BCUT2D eigenvalue weighted by molar-refractivity contribution is 5.97. The standard InChI is InChI=1S/C21H21N5O.ClH/c1-13-11-20(22-2)26-21(24-13)25-14-7-8-19(27-3)17(12-14)15-5-4-6-18-16(15)9-10-23-18;/h4-12,23H,1-3H3,(H2,22,24,25,26);1H. The van der Waals surface area contributed by atoms with Gasteiger partial charge in [-0.25, -0.2) is 4.98 Å². The van der Waals surface area contributed by atoms with Crippen LogP contribution in [0.15, 0.2) is 54.7 Å². The Morgan fingerprint density at radius 1 is 1.00 bits per heavy atom. The van der Waals surface area contributed by atoms with E-state index in [9.17, 15) is 0 Å². The average molecular weight is 396 g/mol. The number of aryl methyl sites for hydroxylation is 1. The van der Waals surface area contributed by atoms with E-state index in [1.165, 1.54) is 0 Å². The van der Waals surface area contributed by atoms with Crippen molar-refractivity contribution in [3.63, 3.8) is 0 Å². The molecule has 0 radical (unpaired) electrons. The van der Waals surface area contributed by atoms with Crippen LogP contribution in [0.3, 0.4) is 0 Å². The number of aromatic amines is 1. The summed E-state index contributed by atoms with van der Waals surface area (Å²) in [6.45, 7) is 1.94. The minimum atomic E-state index is 0. The van der Waals surface area contributed by atoms with Gasteiger partial charge in [0.15, 0.2) is 0 Å². The average Bonchev–Trinajstić information content (AvgIpc) is 3.16. The van der Waals surface area contributed by atoms with Crippen molar-refractivity contribution >= 4 is 40.8 Å². The highest BCUT2D eigenvalue weighted by Gasteiger charge is 2.12. The number of halogens is 1. The van der Waals surface area contributed by atoms with Gasteiger partial charge in [-0.3, -0.25) is 0 Å². The summed E-state index contributed by atoms with van der Waals surface area (Å²) in [6.07, 6.45) is 1.95. The van der Waals surface area contributed by atoms with Crippen molar-refractivity contribution in [3.05, 3.63) is 60.4 Å². The fourth-order valence-electron chi connectivity index (χ4n) is 3.20. The van der Waals surface area contributed by atoms with Crippen molar-refractivity contribution in [1.82, 2.24) is 15.0 Å². The van der Waals surface area contributed by atoms with E-state index in [1.807, 2.05) is 44.4 Å². The molecule has 2 aromatic carbocycles. The minimum Gasteiger partial charge on any atom is -0.496 e. The van der Waals surface area contributed by atoms with Crippen molar-refractivity contribution in [2.24, 2.45) is 0 Å². The Labute approximate surface area is 169 Å². The van der Waals surface area contributed by atoms with Gasteiger partial charge in [0, 0.05) is 47.2 Å². The lowest BCUT2D eigenvalue weighted by Gasteiger charge is -2.13. The highest BCUT2D eigenvalue weighted by atomic mass is 35.5. The molecule has 144 valence electrons. The van der Waals surface area contributed by atoms with Gasteiger partial charge in [0.2, 0.25) is 5.95 Å². The van der Waals surface area contributed by atoms with Crippen LogP contribution in [-0.4, -0.2) is 29.1 Å². The van der Waals surface area contributed by atoms with Crippen molar-refractivity contribution in [2.75, 3.05) is 24.8 Å². The molecule has 3 N–H and O–H groups in total. The second-order valence-electron chi connectivity index (χ2n) is 6.25. The summed E-state index contributed by atoms with van der Waals surface area (Å²) >= 11 is 0. The zero-order chi connectivity index (χ0) is 18.8. The van der Waals surface area contributed by atoms with Gasteiger partial charge >= 0.3 is 0 Å². The topological polar surface area (TPSA) is 74.9 Å². The molecule has 7 heteroatoms. The number of nitrogens with zero attached hydrogens (tertiary/aromatic N) is 2. The number of fused-ring (bicyclic) bond motifs is 1. The number of rotatable bonds is 5. The molecule has 0 saturated heterocycles. The maximum absolute atomic E-state index is 5.61. The van der Waals surface area contributed by atoms with Crippen LogP contribution in [0.1, 0.15) is 5.69 Å². The molecule has 0 aliphatic carbocycles. The monoisotopic (exact) mass is 395 g/mol. The molecular weight excluding hydrogens is 374 g/mol. The maximum atomic E-state index is 5.61. The van der Waals surface area contributed by atoms with E-state index in [2.05, 4.69) is 49.9 Å². The van der Waals surface area contributed by atoms with Crippen LogP contribution in [0.5, 0.6) is 5.75 Å². The lowest BCUT2D eigenvalue weighted by Crippen LogP contribution is -2.02. The lowest BCUT2D eigenvalue weighted by molar-refractivity contribution is 0.416. The normalized spacial score (nSPS) is 10.4. The van der Waals surface area contributed by atoms with E-state index in [1.54, 1.807) is 7.11 Å². The fourth-order valence-corrected chi connectivity index (χ4v) is 3.20. The summed E-state index contributed by atoms with van der Waals surface area (Å²) in [5, 5.41) is 7.50. The van der Waals surface area contributed by atoms with Gasteiger partial charge in [-0.15, -0.1) is 12.4 Å². The number of hydrogen-bond donors (Lipinski definition) is 3. The van der Waals surface area contributed by atoms with Crippen molar-refractivity contribution < 1.29 is 4.74 Å². The third-order valence-electron chi connectivity index (χ3n) is 4.45. The van der Waals surface area contributed by atoms with E-state index in [0.29, 0.717) is 5.95 Å². The Kier molecular flexibility index (Phi) is 5.70. The lowest BCUT2D eigenvalue weighted by atomic mass is 10.00. The van der Waals surface area contributed by atoms with Gasteiger partial charge in [0.1, 0.15) is 11.6 Å². The van der Waals surface area contributed by atoms with Gasteiger partial charge in [-0.1, -0.05) is 12.1 Å². The molecule has 0 fully saturated rings. The zero-order valence-corrected chi connectivity index (χ0v) is 16.7. The van der Waals surface area contributed by atoms with Gasteiger partial charge in [0.05, 0.1) is 7.11 Å². The van der Waals surface area contributed by atoms with E-state index >= 15 is 0 Å². The number of aromatic nitrogens is 3. The quantitative estimate of drug-likeness (QED) is 0.435. The summed E-state index contributed by atoms with van der Waals surface area (Å²) in [4.78, 5) is 12.2. The van der Waals surface area contributed by atoms with Crippen LogP contribution in [0.25, 0.3) is 22.0 Å². The molecule has 0 atom stereocenters. The Hall–Kier alpha value is -3.25. The third-order valence-corrected chi connectivity index (χ3v) is 4.45. The van der Waals surface area contributed by atoms with Crippen molar-refractivity contribution in [1.29, 1.82) is 0 Å². The molecule has 6 nitrogen and oxygen atoms in total. The molecule has 0 aliphatic rings. The molecule has 0 aliphatic heterocycles. The molecule has 0 saturated carbocycles. The van der Waals surface area contributed by atoms with E-state index in [-0.39, 0.29) is 12.4 Å². The molecule has 0 bridgehead atoms. The summed E-state index contributed by atoms with van der Waals surface area (Å²) in [7, 11) is 3.53. The number of benzene rings is 2. The molecule has 4 rings (SSSR count). The summed E-state index contributed by atoms with van der Waals surface area (Å²) in [6, 6.07) is 16.2. The Balaban J connectivity index is 0.00000225. The SMILES string of the molecule is CNc1cc(C)nc(Nc2ccc(OC)c(-c3cccc4[nH]ccc34)c2)n1.Cl. The fraction of sp³-hybridized carbons (Fsp3) is 0.143. The van der Waals surface area contributed by atoms with E-state index in [0.717, 1.165) is 45.0 Å². The molecule has 2 aromatic heterocycles. The van der Waals surface area contributed by atoms with Crippen molar-refractivity contribution in [3.8, 4) is 16.9 Å². The molecule has 28 heavy (non-hydrogen) atoms. The highest BCUT2D eigenvalue weighted by Crippen LogP contribution is 2.37. The maximum Gasteiger partial charge on any atom is 0.229 e. The predicted octanol–water partition coefficient (Wildman–Crippen LogP) is 5.15. The third kappa shape index (κ3) is 3.73. The zero-order valence-electron chi connectivity index (χ0n) is 15.9. The first-order valence-electron chi connectivity index (χ1n) is 8.73. The second-order valence-corrected chi connectivity index (χ2v) is 6.25. The molecule has 2 heterocycles. The number of ether oxygens (including phenoxy) is 1. The van der Waals surface area contributed by atoms with E-state index in [4.69, 9.17) is 4.74 Å². The van der Waals surface area contributed by atoms with E-state index < -0.39 is 0 Å². The first-order valence-corrected chi connectivity index (χ1v) is 8.73. The van der Waals surface area contributed by atoms with Crippen molar-refractivity contribution in [2.45, 2.75) is 6.92 Å². The second kappa shape index (κ2) is 8.19. The Morgan fingerprint density at radius 3 is 2.64 bits per heavy atom. The van der Waals surface area contributed by atoms with Gasteiger partial charge < -0.3 is 20.4 Å². The molecule has 0 spiro atoms. The molecule has 4 aromatic rings. The number of H-pyrrole nitrogens is 1. The Morgan fingerprint density at radius 2 is 1.86 bits per heavy atom. The smallest absolute Gasteiger partial charge is 0.229 e. The van der Waals surface area contributed by atoms with Crippen LogP contribution in [-0.2, 0) is 0 Å². The number of methoxy groups -OCH3 is 1. The van der Waals surface area contributed by atoms with Gasteiger partial charge in [-0.2, -0.15) is 4.98 Å². The summed E-state index contributed by atoms with van der Waals surface area (Å²) in [5.41, 5.74) is 4.99. The van der Waals surface area contributed by atoms with Gasteiger partial charge in [-0.05, 0) is 42.8 Å². The predicted molar refractivity (Wildman–Crippen MR) is 117 cm³/mol. The van der Waals surface area contributed by atoms with Crippen LogP contribution < -0.4 is 15.4 Å². The van der Waals surface area contributed by atoms with Crippen LogP contribution >= 0.6 is 12.4 Å². The number of hydrogen-bond acceptors (Lipinski definition) is 5. The number of nitrogens with one attached hydrogen (secondary N) is 3. The first kappa shape index (κ1) is 19.5. The van der Waals surface area contributed by atoms with Crippen LogP contribution in [0.2, 0.25) is 0 Å². The van der Waals surface area contributed by atoms with Crippen LogP contribution in [0.4, 0.5) is 17.5 Å². The van der Waals surface area contributed by atoms with Gasteiger partial charge in [0.25, 0.3) is 0 Å². The minimum absolute atomic E-state index is 0. The first-order chi connectivity index (χ1) is 13.2. The summed E-state index contributed by atoms with van der Waals surface area (Å²) < 4.78 is 5.61. The largest absolute Gasteiger partial charge is 0.496 e. The Bertz CT molecular complexity index is 1110. The molecule has 0 amide bonds. The molecular formula is C21H22ClN5O. The summed E-state index contributed by atoms with van der Waals surface area (Å²) in [5.74, 6) is 2.14. The van der Waals surface area contributed by atoms with Crippen LogP contribution in [0, 0.1) is 6.92 Å². The molecule has 0 unspecified atom stereocenters.